The molecule has 1 fully saturated rings. The number of nitrogens with zero attached hydrogens (tertiary/aromatic N) is 3. The summed E-state index contributed by atoms with van der Waals surface area (Å²) in [7, 11) is -1.86. The summed E-state index contributed by atoms with van der Waals surface area (Å²) in [5.41, 5.74) is 4.06. The first-order valence-corrected chi connectivity index (χ1v) is 16.4. The van der Waals surface area contributed by atoms with Gasteiger partial charge in [-0.1, -0.05) is 42.5 Å². The maximum absolute atomic E-state index is 13.5. The Kier molecular flexibility index (Phi) is 9.72. The molecule has 4 aromatic rings. The molecule has 41 heavy (non-hydrogen) atoms. The lowest BCUT2D eigenvalue weighted by Gasteiger charge is -2.31. The average Bonchev–Trinajstić information content (AvgIpc) is 3.40. The number of thiazole rings is 1. The fourth-order valence-corrected chi connectivity index (χ4v) is 7.62. The van der Waals surface area contributed by atoms with Gasteiger partial charge in [0.15, 0.2) is 4.80 Å². The van der Waals surface area contributed by atoms with Crippen molar-refractivity contribution in [2.24, 2.45) is 10.9 Å². The van der Waals surface area contributed by atoms with Gasteiger partial charge in [0.25, 0.3) is 0 Å². The van der Waals surface area contributed by atoms with Crippen LogP contribution in [0, 0.1) is 5.92 Å². The minimum absolute atomic E-state index is 0.334. The van der Waals surface area contributed by atoms with Crippen molar-refractivity contribution in [3.63, 3.8) is 0 Å². The number of aromatic nitrogens is 1. The molecule has 3 aromatic carbocycles. The predicted molar refractivity (Wildman–Crippen MR) is 164 cm³/mol. The van der Waals surface area contributed by atoms with Crippen LogP contribution in [0.3, 0.4) is 0 Å². The van der Waals surface area contributed by atoms with E-state index in [2.05, 4.69) is 34.2 Å². The summed E-state index contributed by atoms with van der Waals surface area (Å²) >= 11 is 1.55. The van der Waals surface area contributed by atoms with Crippen LogP contribution < -0.4 is 9.54 Å². The van der Waals surface area contributed by atoms with Gasteiger partial charge in [0.05, 0.1) is 29.5 Å². The largest absolute Gasteiger partial charge is 0.494 e. The Labute approximate surface area is 246 Å². The number of methoxy groups -OCH3 is 1. The van der Waals surface area contributed by atoms with E-state index in [4.69, 9.17) is 14.5 Å². The van der Waals surface area contributed by atoms with Crippen LogP contribution in [0.2, 0.25) is 0 Å². The molecule has 0 aliphatic carbocycles. The highest BCUT2D eigenvalue weighted by Gasteiger charge is 2.29. The molecule has 0 atom stereocenters. The van der Waals surface area contributed by atoms with Gasteiger partial charge in [0, 0.05) is 32.1 Å². The molecule has 0 amide bonds. The molecule has 9 heteroatoms. The number of piperidine rings is 1. The van der Waals surface area contributed by atoms with Gasteiger partial charge in [-0.25, -0.2) is 13.4 Å². The van der Waals surface area contributed by atoms with Crippen molar-refractivity contribution >= 4 is 27.0 Å². The Balaban J connectivity index is 1.32. The molecule has 1 aliphatic rings. The topological polar surface area (TPSA) is 73.1 Å². The molecular weight excluding hydrogens is 555 g/mol. The van der Waals surface area contributed by atoms with Gasteiger partial charge < -0.3 is 14.0 Å². The molecule has 5 rings (SSSR count). The van der Waals surface area contributed by atoms with Crippen molar-refractivity contribution in [1.29, 1.82) is 0 Å². The second-order valence-electron chi connectivity index (χ2n) is 10.1. The zero-order valence-corrected chi connectivity index (χ0v) is 25.2. The van der Waals surface area contributed by atoms with Crippen LogP contribution in [0.1, 0.15) is 25.3 Å². The number of sulfonamides is 1. The number of ether oxygens (including phenoxy) is 2. The summed E-state index contributed by atoms with van der Waals surface area (Å²) < 4.78 is 41.6. The first kappa shape index (κ1) is 29.3. The third-order valence-corrected chi connectivity index (χ3v) is 10.2. The van der Waals surface area contributed by atoms with Crippen molar-refractivity contribution in [3.8, 4) is 17.0 Å². The number of hydrogen-bond donors (Lipinski definition) is 0. The lowest BCUT2D eigenvalue weighted by molar-refractivity contribution is 0.187. The summed E-state index contributed by atoms with van der Waals surface area (Å²) in [5.74, 6) is 1.33. The SMILES string of the molecule is CCOc1ccc(N=c2scc(-c3ccc(S(=O)(=O)N4CCC(Cc5ccccc5)CC4)cc3)n2CCOC)cc1. The van der Waals surface area contributed by atoms with E-state index in [-0.39, 0.29) is 0 Å². The fraction of sp³-hybridized carbons (Fsp3) is 0.344. The number of rotatable bonds is 11. The highest BCUT2D eigenvalue weighted by atomic mass is 32.2. The molecular formula is C32H37N3O4S2. The van der Waals surface area contributed by atoms with Crippen LogP contribution in [-0.2, 0) is 27.7 Å². The van der Waals surface area contributed by atoms with Crippen molar-refractivity contribution in [2.45, 2.75) is 37.6 Å². The maximum atomic E-state index is 13.5. The van der Waals surface area contributed by atoms with Crippen LogP contribution >= 0.6 is 11.3 Å². The van der Waals surface area contributed by atoms with Gasteiger partial charge in [-0.2, -0.15) is 4.31 Å². The summed E-state index contributed by atoms with van der Waals surface area (Å²) in [4.78, 5) is 6.04. The molecule has 0 spiro atoms. The Morgan fingerprint density at radius 3 is 2.32 bits per heavy atom. The monoisotopic (exact) mass is 591 g/mol. The molecule has 0 unspecified atom stereocenters. The Bertz CT molecular complexity index is 1570. The molecule has 0 radical (unpaired) electrons. The zero-order valence-electron chi connectivity index (χ0n) is 23.6. The molecule has 0 N–H and O–H groups in total. The fourth-order valence-electron chi connectivity index (χ4n) is 5.19. The number of benzene rings is 3. The summed E-state index contributed by atoms with van der Waals surface area (Å²) in [6.07, 6.45) is 2.75. The van der Waals surface area contributed by atoms with Gasteiger partial charge in [0.2, 0.25) is 10.0 Å². The first-order valence-electron chi connectivity index (χ1n) is 14.1. The van der Waals surface area contributed by atoms with E-state index in [1.165, 1.54) is 5.56 Å². The molecule has 0 bridgehead atoms. The highest BCUT2D eigenvalue weighted by Crippen LogP contribution is 2.28. The van der Waals surface area contributed by atoms with Gasteiger partial charge in [0.1, 0.15) is 5.75 Å². The lowest BCUT2D eigenvalue weighted by atomic mass is 9.91. The van der Waals surface area contributed by atoms with E-state index >= 15 is 0 Å². The standard InChI is InChI=1S/C32H37N3O4S2/c1-3-39-29-13-11-28(12-14-29)33-32-35(21-22-38-2)31(24-40-32)27-9-15-30(16-10-27)41(36,37)34-19-17-26(18-20-34)23-25-7-5-4-6-8-25/h4-16,24,26H,3,17-23H2,1-2H3. The van der Waals surface area contributed by atoms with E-state index in [9.17, 15) is 8.42 Å². The molecule has 2 heterocycles. The second kappa shape index (κ2) is 13.6. The van der Waals surface area contributed by atoms with Gasteiger partial charge >= 0.3 is 0 Å². The molecule has 7 nitrogen and oxygen atoms in total. The zero-order chi connectivity index (χ0) is 28.7. The molecule has 1 aliphatic heterocycles. The Morgan fingerprint density at radius 1 is 0.951 bits per heavy atom. The smallest absolute Gasteiger partial charge is 0.243 e. The minimum atomic E-state index is -3.54. The normalized spacial score (nSPS) is 15.3. The third kappa shape index (κ3) is 7.16. The van der Waals surface area contributed by atoms with Crippen molar-refractivity contribution in [2.75, 3.05) is 33.4 Å². The van der Waals surface area contributed by atoms with E-state index in [1.54, 1.807) is 34.9 Å². The van der Waals surface area contributed by atoms with Gasteiger partial charge in [-0.3, -0.25) is 0 Å². The van der Waals surface area contributed by atoms with E-state index < -0.39 is 10.0 Å². The Hall–Kier alpha value is -3.24. The maximum Gasteiger partial charge on any atom is 0.243 e. The Morgan fingerprint density at radius 2 is 1.66 bits per heavy atom. The van der Waals surface area contributed by atoms with E-state index in [1.807, 2.05) is 49.4 Å². The summed E-state index contributed by atoms with van der Waals surface area (Å²) in [6.45, 7) is 4.85. The van der Waals surface area contributed by atoms with Gasteiger partial charge in [-0.05, 0) is 79.6 Å². The highest BCUT2D eigenvalue weighted by molar-refractivity contribution is 7.89. The van der Waals surface area contributed by atoms with E-state index in [0.717, 1.165) is 46.8 Å². The van der Waals surface area contributed by atoms with Gasteiger partial charge in [-0.15, -0.1) is 11.3 Å². The van der Waals surface area contributed by atoms with E-state index in [0.29, 0.717) is 43.7 Å². The molecule has 1 saturated heterocycles. The first-order chi connectivity index (χ1) is 20.0. The van der Waals surface area contributed by atoms with Crippen molar-refractivity contribution < 1.29 is 17.9 Å². The quantitative estimate of drug-likeness (QED) is 0.210. The summed E-state index contributed by atoms with van der Waals surface area (Å²) in [5, 5.41) is 2.06. The van der Waals surface area contributed by atoms with Crippen LogP contribution in [0.4, 0.5) is 5.69 Å². The molecule has 0 saturated carbocycles. The minimum Gasteiger partial charge on any atom is -0.494 e. The lowest BCUT2D eigenvalue weighted by Crippen LogP contribution is -2.38. The average molecular weight is 592 g/mol. The van der Waals surface area contributed by atoms with Crippen LogP contribution in [0.25, 0.3) is 11.3 Å². The predicted octanol–water partition coefficient (Wildman–Crippen LogP) is 6.14. The van der Waals surface area contributed by atoms with Crippen LogP contribution in [-0.4, -0.2) is 50.7 Å². The van der Waals surface area contributed by atoms with Crippen molar-refractivity contribution in [1.82, 2.24) is 8.87 Å². The second-order valence-corrected chi connectivity index (χ2v) is 12.9. The summed E-state index contributed by atoms with van der Waals surface area (Å²) in [6, 6.07) is 25.4. The molecule has 1 aromatic heterocycles. The third-order valence-electron chi connectivity index (χ3n) is 7.42. The van der Waals surface area contributed by atoms with Crippen LogP contribution in [0.15, 0.2) is 94.1 Å². The van der Waals surface area contributed by atoms with Crippen LogP contribution in [0.5, 0.6) is 5.75 Å². The van der Waals surface area contributed by atoms with Crippen molar-refractivity contribution in [3.05, 3.63) is 94.6 Å². The number of hydrogen-bond acceptors (Lipinski definition) is 6. The molecule has 216 valence electrons.